The van der Waals surface area contributed by atoms with E-state index in [4.69, 9.17) is 5.11 Å². The number of hydrogen-bond acceptors (Lipinski definition) is 4. The third kappa shape index (κ3) is 1.98. The number of aliphatic hydroxyl groups excluding tert-OH is 1. The van der Waals surface area contributed by atoms with Crippen LogP contribution in [-0.2, 0) is 14.3 Å². The highest BCUT2D eigenvalue weighted by atomic mass is 16.5. The molecule has 0 amide bonds. The van der Waals surface area contributed by atoms with Crippen molar-refractivity contribution >= 4 is 11.9 Å². The Bertz CT molecular complexity index is 225. The molecule has 3 atom stereocenters. The average Bonchev–Trinajstić information content (AvgIpc) is 2.46. The van der Waals surface area contributed by atoms with Crippen LogP contribution in [0.1, 0.15) is 12.8 Å². The van der Waals surface area contributed by atoms with Gasteiger partial charge in [0.05, 0.1) is 25.0 Å². The van der Waals surface area contributed by atoms with Crippen molar-refractivity contribution in [1.82, 2.24) is 0 Å². The Morgan fingerprint density at radius 1 is 1.31 bits per heavy atom. The van der Waals surface area contributed by atoms with E-state index < -0.39 is 29.9 Å². The van der Waals surface area contributed by atoms with E-state index in [2.05, 4.69) is 4.74 Å². The lowest BCUT2D eigenvalue weighted by atomic mass is 9.97. The minimum Gasteiger partial charge on any atom is -0.481 e. The van der Waals surface area contributed by atoms with Gasteiger partial charge in [-0.05, 0) is 12.8 Å². The van der Waals surface area contributed by atoms with E-state index in [1.165, 1.54) is 7.11 Å². The number of carbonyl (C=O) groups is 2. The summed E-state index contributed by atoms with van der Waals surface area (Å²) in [5.74, 6) is -3.10. The maximum absolute atomic E-state index is 11.1. The van der Waals surface area contributed by atoms with Crippen LogP contribution in [0, 0.1) is 11.8 Å². The molecular formula is C8H12O5. The van der Waals surface area contributed by atoms with Gasteiger partial charge in [-0.2, -0.15) is 0 Å². The lowest BCUT2D eigenvalue weighted by molar-refractivity contribution is -0.154. The highest BCUT2D eigenvalue weighted by molar-refractivity contribution is 5.81. The van der Waals surface area contributed by atoms with Gasteiger partial charge >= 0.3 is 11.9 Å². The standard InChI is InChI=1S/C8H12O5/c1-13-8(12)6-3-4(9)2-5(6)7(10)11/h4-6,9H,2-3H2,1H3,(H,10,11). The lowest BCUT2D eigenvalue weighted by Crippen LogP contribution is -2.26. The predicted octanol–water partition coefficient (Wildman–Crippen LogP) is -0.369. The largest absolute Gasteiger partial charge is 0.481 e. The number of carboxylic acid groups (broad SMARTS) is 1. The van der Waals surface area contributed by atoms with Crippen LogP contribution in [0.2, 0.25) is 0 Å². The molecule has 13 heavy (non-hydrogen) atoms. The van der Waals surface area contributed by atoms with Crippen molar-refractivity contribution in [3.05, 3.63) is 0 Å². The molecule has 5 nitrogen and oxygen atoms in total. The van der Waals surface area contributed by atoms with Crippen molar-refractivity contribution in [2.45, 2.75) is 18.9 Å². The first-order chi connectivity index (χ1) is 6.06. The van der Waals surface area contributed by atoms with Gasteiger partial charge in [0.1, 0.15) is 0 Å². The number of carbonyl (C=O) groups excluding carboxylic acids is 1. The molecule has 0 bridgehead atoms. The van der Waals surface area contributed by atoms with Gasteiger partial charge < -0.3 is 14.9 Å². The fourth-order valence-corrected chi connectivity index (χ4v) is 1.70. The Labute approximate surface area is 75.3 Å². The van der Waals surface area contributed by atoms with E-state index in [9.17, 15) is 14.7 Å². The zero-order valence-corrected chi connectivity index (χ0v) is 7.27. The second-order valence-corrected chi connectivity index (χ2v) is 3.20. The van der Waals surface area contributed by atoms with Gasteiger partial charge in [-0.1, -0.05) is 0 Å². The fourth-order valence-electron chi connectivity index (χ4n) is 1.70. The van der Waals surface area contributed by atoms with Crippen LogP contribution >= 0.6 is 0 Å². The van der Waals surface area contributed by atoms with Crippen molar-refractivity contribution in [3.63, 3.8) is 0 Å². The summed E-state index contributed by atoms with van der Waals surface area (Å²) in [7, 11) is 1.21. The smallest absolute Gasteiger partial charge is 0.309 e. The molecule has 1 aliphatic rings. The number of aliphatic carboxylic acids is 1. The second kappa shape index (κ2) is 3.74. The highest BCUT2D eigenvalue weighted by Crippen LogP contribution is 2.32. The molecule has 0 saturated heterocycles. The van der Waals surface area contributed by atoms with Gasteiger partial charge in [0.25, 0.3) is 0 Å². The molecule has 3 unspecified atom stereocenters. The van der Waals surface area contributed by atoms with E-state index in [1.807, 2.05) is 0 Å². The van der Waals surface area contributed by atoms with Crippen LogP contribution in [0.15, 0.2) is 0 Å². The number of hydrogen-bond donors (Lipinski definition) is 2. The molecule has 1 saturated carbocycles. The molecule has 1 fully saturated rings. The zero-order chi connectivity index (χ0) is 10.0. The molecule has 5 heteroatoms. The van der Waals surface area contributed by atoms with Gasteiger partial charge in [0.15, 0.2) is 0 Å². The summed E-state index contributed by atoms with van der Waals surface area (Å²) < 4.78 is 4.45. The summed E-state index contributed by atoms with van der Waals surface area (Å²) in [4.78, 5) is 21.7. The molecule has 1 rings (SSSR count). The second-order valence-electron chi connectivity index (χ2n) is 3.20. The molecule has 0 aromatic rings. The minimum absolute atomic E-state index is 0.134. The molecule has 0 aromatic carbocycles. The Morgan fingerprint density at radius 3 is 2.31 bits per heavy atom. The third-order valence-corrected chi connectivity index (χ3v) is 2.36. The first-order valence-electron chi connectivity index (χ1n) is 4.05. The summed E-state index contributed by atoms with van der Waals surface area (Å²) in [6.45, 7) is 0. The summed E-state index contributed by atoms with van der Waals surface area (Å²) >= 11 is 0. The molecule has 0 aliphatic heterocycles. The van der Waals surface area contributed by atoms with Crippen molar-refractivity contribution in [2.24, 2.45) is 11.8 Å². The van der Waals surface area contributed by atoms with Crippen LogP contribution in [0.4, 0.5) is 0 Å². The number of carboxylic acids is 1. The van der Waals surface area contributed by atoms with E-state index >= 15 is 0 Å². The molecule has 0 spiro atoms. The number of rotatable bonds is 2. The molecule has 0 heterocycles. The average molecular weight is 188 g/mol. The number of methoxy groups -OCH3 is 1. The fraction of sp³-hybridized carbons (Fsp3) is 0.750. The lowest BCUT2D eigenvalue weighted by Gasteiger charge is -2.11. The quantitative estimate of drug-likeness (QED) is 0.578. The van der Waals surface area contributed by atoms with Gasteiger partial charge in [-0.25, -0.2) is 0 Å². The zero-order valence-electron chi connectivity index (χ0n) is 7.27. The van der Waals surface area contributed by atoms with Crippen molar-refractivity contribution in [2.75, 3.05) is 7.11 Å². The van der Waals surface area contributed by atoms with Gasteiger partial charge in [-0.3, -0.25) is 9.59 Å². The van der Waals surface area contributed by atoms with Crippen LogP contribution in [0.25, 0.3) is 0 Å². The van der Waals surface area contributed by atoms with Crippen LogP contribution < -0.4 is 0 Å². The predicted molar refractivity (Wildman–Crippen MR) is 41.9 cm³/mol. The summed E-state index contributed by atoms with van der Waals surface area (Å²) in [6.07, 6.45) is -0.385. The normalized spacial score (nSPS) is 32.9. The van der Waals surface area contributed by atoms with Crippen molar-refractivity contribution in [1.29, 1.82) is 0 Å². The molecule has 0 aromatic heterocycles. The molecule has 74 valence electrons. The maximum atomic E-state index is 11.1. The summed E-state index contributed by atoms with van der Waals surface area (Å²) in [6, 6.07) is 0. The molecular weight excluding hydrogens is 176 g/mol. The maximum Gasteiger partial charge on any atom is 0.309 e. The van der Waals surface area contributed by atoms with Gasteiger partial charge in [-0.15, -0.1) is 0 Å². The number of ether oxygens (including phenoxy) is 1. The first-order valence-corrected chi connectivity index (χ1v) is 4.05. The van der Waals surface area contributed by atoms with E-state index in [0.717, 1.165) is 0 Å². The topological polar surface area (TPSA) is 83.8 Å². The Hall–Kier alpha value is -1.10. The van der Waals surface area contributed by atoms with E-state index in [1.54, 1.807) is 0 Å². The molecule has 2 N–H and O–H groups in total. The van der Waals surface area contributed by atoms with Crippen LogP contribution in [0.3, 0.4) is 0 Å². The van der Waals surface area contributed by atoms with Crippen molar-refractivity contribution < 1.29 is 24.5 Å². The Morgan fingerprint density at radius 2 is 1.85 bits per heavy atom. The SMILES string of the molecule is COC(=O)C1CC(O)CC1C(=O)O. The minimum atomic E-state index is -1.05. The highest BCUT2D eigenvalue weighted by Gasteiger charge is 2.42. The van der Waals surface area contributed by atoms with Gasteiger partial charge in [0, 0.05) is 0 Å². The molecule has 0 radical (unpaired) electrons. The van der Waals surface area contributed by atoms with Crippen LogP contribution in [-0.4, -0.2) is 35.4 Å². The molecule has 1 aliphatic carbocycles. The van der Waals surface area contributed by atoms with Crippen LogP contribution in [0.5, 0.6) is 0 Å². The monoisotopic (exact) mass is 188 g/mol. The van der Waals surface area contributed by atoms with E-state index in [-0.39, 0.29) is 12.8 Å². The number of esters is 1. The summed E-state index contributed by atoms with van der Waals surface area (Å²) in [5.41, 5.74) is 0. The third-order valence-electron chi connectivity index (χ3n) is 2.36. The van der Waals surface area contributed by atoms with E-state index in [0.29, 0.717) is 0 Å². The number of aliphatic hydroxyl groups is 1. The van der Waals surface area contributed by atoms with Crippen molar-refractivity contribution in [3.8, 4) is 0 Å². The first kappa shape index (κ1) is 9.98. The summed E-state index contributed by atoms with van der Waals surface area (Å²) in [5, 5.41) is 17.9. The van der Waals surface area contributed by atoms with Gasteiger partial charge in [0.2, 0.25) is 0 Å². The Kier molecular flexibility index (Phi) is 2.87. The Balaban J connectivity index is 2.71.